The maximum atomic E-state index is 5.71. The Balaban J connectivity index is 2.61. The molecular formula is C12H15N5S. The minimum absolute atomic E-state index is 0.314. The molecule has 0 radical (unpaired) electrons. The summed E-state index contributed by atoms with van der Waals surface area (Å²) in [6.45, 7) is 4.05. The lowest BCUT2D eigenvalue weighted by Gasteiger charge is -2.08. The van der Waals surface area contributed by atoms with Crippen molar-refractivity contribution in [2.45, 2.75) is 26.7 Å². The monoisotopic (exact) mass is 261 g/mol. The van der Waals surface area contributed by atoms with Gasteiger partial charge >= 0.3 is 0 Å². The third-order valence-corrected chi connectivity index (χ3v) is 2.82. The molecule has 2 aromatic heterocycles. The molecular weight excluding hydrogens is 246 g/mol. The van der Waals surface area contributed by atoms with Gasteiger partial charge in [0.25, 0.3) is 0 Å². The second-order valence-electron chi connectivity index (χ2n) is 3.80. The molecule has 2 heterocycles. The largest absolute Gasteiger partial charge is 0.389 e. The highest BCUT2D eigenvalue weighted by Crippen LogP contribution is 2.13. The Hall–Kier alpha value is -1.82. The Morgan fingerprint density at radius 3 is 2.78 bits per heavy atom. The maximum absolute atomic E-state index is 5.71. The number of nitrogens with zero attached hydrogens (tertiary/aromatic N) is 4. The van der Waals surface area contributed by atoms with Crippen LogP contribution in [0, 0.1) is 0 Å². The minimum atomic E-state index is 0.314. The molecule has 0 atom stereocenters. The van der Waals surface area contributed by atoms with Crippen molar-refractivity contribution in [2.24, 2.45) is 5.73 Å². The van der Waals surface area contributed by atoms with Gasteiger partial charge in [0.05, 0.1) is 5.56 Å². The van der Waals surface area contributed by atoms with E-state index in [0.29, 0.717) is 10.8 Å². The lowest BCUT2D eigenvalue weighted by Crippen LogP contribution is -2.16. The van der Waals surface area contributed by atoms with E-state index in [2.05, 4.69) is 15.1 Å². The van der Waals surface area contributed by atoms with Gasteiger partial charge in [-0.15, -0.1) is 5.10 Å². The van der Waals surface area contributed by atoms with Gasteiger partial charge in [-0.2, -0.15) is 4.68 Å². The SMILES string of the molecule is CCc1nc(CC)n(-c2ncccc2C(N)=S)n1. The zero-order chi connectivity index (χ0) is 13.1. The van der Waals surface area contributed by atoms with Gasteiger partial charge in [-0.3, -0.25) is 0 Å². The molecule has 0 aliphatic heterocycles. The van der Waals surface area contributed by atoms with E-state index in [1.165, 1.54) is 0 Å². The summed E-state index contributed by atoms with van der Waals surface area (Å²) in [7, 11) is 0. The van der Waals surface area contributed by atoms with Crippen molar-refractivity contribution in [3.8, 4) is 5.82 Å². The van der Waals surface area contributed by atoms with Gasteiger partial charge in [0, 0.05) is 19.0 Å². The molecule has 0 amide bonds. The van der Waals surface area contributed by atoms with Gasteiger partial charge in [0.1, 0.15) is 10.8 Å². The highest BCUT2D eigenvalue weighted by Gasteiger charge is 2.14. The predicted molar refractivity (Wildman–Crippen MR) is 73.8 cm³/mol. The predicted octanol–water partition coefficient (Wildman–Crippen LogP) is 1.42. The molecule has 0 aliphatic rings. The van der Waals surface area contributed by atoms with E-state index in [1.54, 1.807) is 16.9 Å². The van der Waals surface area contributed by atoms with Crippen LogP contribution in [0.2, 0.25) is 0 Å². The highest BCUT2D eigenvalue weighted by molar-refractivity contribution is 7.80. The summed E-state index contributed by atoms with van der Waals surface area (Å²) in [5.74, 6) is 2.31. The second-order valence-corrected chi connectivity index (χ2v) is 4.24. The quantitative estimate of drug-likeness (QED) is 0.843. The summed E-state index contributed by atoms with van der Waals surface area (Å²) in [5, 5.41) is 4.44. The third kappa shape index (κ3) is 2.24. The smallest absolute Gasteiger partial charge is 0.165 e. The Morgan fingerprint density at radius 1 is 1.39 bits per heavy atom. The van der Waals surface area contributed by atoms with Crippen LogP contribution >= 0.6 is 12.2 Å². The zero-order valence-corrected chi connectivity index (χ0v) is 11.2. The first-order valence-corrected chi connectivity index (χ1v) is 6.28. The molecule has 2 aromatic rings. The molecule has 0 fully saturated rings. The van der Waals surface area contributed by atoms with Crippen LogP contribution in [0.25, 0.3) is 5.82 Å². The van der Waals surface area contributed by atoms with Crippen molar-refractivity contribution in [1.29, 1.82) is 0 Å². The lowest BCUT2D eigenvalue weighted by atomic mass is 10.2. The Bertz CT molecular complexity index is 576. The molecule has 0 saturated heterocycles. The van der Waals surface area contributed by atoms with E-state index < -0.39 is 0 Å². The number of pyridine rings is 1. The van der Waals surface area contributed by atoms with Gasteiger partial charge in [-0.1, -0.05) is 26.1 Å². The van der Waals surface area contributed by atoms with E-state index >= 15 is 0 Å². The summed E-state index contributed by atoms with van der Waals surface area (Å²) in [5.41, 5.74) is 6.43. The average Bonchev–Trinajstić information content (AvgIpc) is 2.81. The first-order valence-electron chi connectivity index (χ1n) is 5.87. The maximum Gasteiger partial charge on any atom is 0.165 e. The van der Waals surface area contributed by atoms with Crippen LogP contribution < -0.4 is 5.73 Å². The van der Waals surface area contributed by atoms with Crippen molar-refractivity contribution in [2.75, 3.05) is 0 Å². The fourth-order valence-electron chi connectivity index (χ4n) is 1.70. The topological polar surface area (TPSA) is 69.6 Å². The molecule has 0 saturated carbocycles. The average molecular weight is 261 g/mol. The van der Waals surface area contributed by atoms with E-state index in [0.717, 1.165) is 30.1 Å². The van der Waals surface area contributed by atoms with Crippen molar-refractivity contribution >= 4 is 17.2 Å². The summed E-state index contributed by atoms with van der Waals surface area (Å²) < 4.78 is 1.73. The molecule has 0 aromatic carbocycles. The molecule has 18 heavy (non-hydrogen) atoms. The number of aromatic nitrogens is 4. The van der Waals surface area contributed by atoms with Crippen molar-refractivity contribution in [1.82, 2.24) is 19.7 Å². The summed E-state index contributed by atoms with van der Waals surface area (Å²) >= 11 is 5.04. The van der Waals surface area contributed by atoms with Gasteiger partial charge < -0.3 is 5.73 Å². The molecule has 0 bridgehead atoms. The molecule has 0 unspecified atom stereocenters. The number of thiocarbonyl (C=S) groups is 1. The van der Waals surface area contributed by atoms with Crippen LogP contribution in [0.1, 0.15) is 31.1 Å². The van der Waals surface area contributed by atoms with Gasteiger partial charge in [0.2, 0.25) is 0 Å². The fourth-order valence-corrected chi connectivity index (χ4v) is 1.86. The van der Waals surface area contributed by atoms with Crippen molar-refractivity contribution in [3.05, 3.63) is 35.5 Å². The molecule has 0 spiro atoms. The number of hydrogen-bond donors (Lipinski definition) is 1. The van der Waals surface area contributed by atoms with E-state index in [1.807, 2.05) is 19.9 Å². The Kier molecular flexibility index (Phi) is 3.66. The Labute approximate surface area is 111 Å². The summed E-state index contributed by atoms with van der Waals surface area (Å²) in [4.78, 5) is 9.08. The normalized spacial score (nSPS) is 10.6. The number of nitrogens with two attached hydrogens (primary N) is 1. The fraction of sp³-hybridized carbons (Fsp3) is 0.333. The second kappa shape index (κ2) is 5.22. The molecule has 5 nitrogen and oxygen atoms in total. The van der Waals surface area contributed by atoms with Crippen LogP contribution in [0.15, 0.2) is 18.3 Å². The van der Waals surface area contributed by atoms with Crippen LogP contribution in [0.3, 0.4) is 0 Å². The van der Waals surface area contributed by atoms with E-state index in [-0.39, 0.29) is 0 Å². The van der Waals surface area contributed by atoms with Crippen molar-refractivity contribution < 1.29 is 0 Å². The first-order chi connectivity index (χ1) is 8.67. The first kappa shape index (κ1) is 12.6. The number of rotatable bonds is 4. The third-order valence-electron chi connectivity index (χ3n) is 2.60. The van der Waals surface area contributed by atoms with Crippen LogP contribution in [-0.2, 0) is 12.8 Å². The van der Waals surface area contributed by atoms with E-state index in [4.69, 9.17) is 18.0 Å². The summed E-state index contributed by atoms with van der Waals surface area (Å²) in [6, 6.07) is 3.65. The number of aryl methyl sites for hydroxylation is 2. The van der Waals surface area contributed by atoms with Crippen LogP contribution in [0.4, 0.5) is 0 Å². The zero-order valence-electron chi connectivity index (χ0n) is 10.4. The lowest BCUT2D eigenvalue weighted by molar-refractivity contribution is 0.768. The molecule has 0 aliphatic carbocycles. The minimum Gasteiger partial charge on any atom is -0.389 e. The summed E-state index contributed by atoms with van der Waals surface area (Å²) in [6.07, 6.45) is 3.26. The Morgan fingerprint density at radius 2 is 2.17 bits per heavy atom. The van der Waals surface area contributed by atoms with E-state index in [9.17, 15) is 0 Å². The standard InChI is InChI=1S/C12H15N5S/c1-3-9-15-10(4-2)17(16-9)12-8(11(13)18)6-5-7-14-12/h5-7H,3-4H2,1-2H3,(H2,13,18). The number of hydrogen-bond acceptors (Lipinski definition) is 4. The molecule has 94 valence electrons. The van der Waals surface area contributed by atoms with Gasteiger partial charge in [-0.05, 0) is 12.1 Å². The van der Waals surface area contributed by atoms with Crippen LogP contribution in [-0.4, -0.2) is 24.7 Å². The van der Waals surface area contributed by atoms with Crippen LogP contribution in [0.5, 0.6) is 0 Å². The molecule has 2 rings (SSSR count). The van der Waals surface area contributed by atoms with Crippen molar-refractivity contribution in [3.63, 3.8) is 0 Å². The molecule has 6 heteroatoms. The molecule has 2 N–H and O–H groups in total. The van der Waals surface area contributed by atoms with Gasteiger partial charge in [0.15, 0.2) is 11.6 Å². The highest BCUT2D eigenvalue weighted by atomic mass is 32.1. The van der Waals surface area contributed by atoms with Gasteiger partial charge in [-0.25, -0.2) is 9.97 Å².